The first-order valence-corrected chi connectivity index (χ1v) is 8.92. The van der Waals surface area contributed by atoms with E-state index in [1.807, 2.05) is 30.5 Å². The summed E-state index contributed by atoms with van der Waals surface area (Å²) in [4.78, 5) is 13.7. The molecule has 0 unspecified atom stereocenters. The third kappa shape index (κ3) is 3.60. The number of likely N-dealkylation sites (N-methyl/N-ethyl adjacent to an activating group) is 1. The highest BCUT2D eigenvalue weighted by Gasteiger charge is 2.27. The maximum absolute atomic E-state index is 5.85. The van der Waals surface area contributed by atoms with Crippen LogP contribution in [0.2, 0.25) is 0 Å². The summed E-state index contributed by atoms with van der Waals surface area (Å²) in [6.07, 6.45) is 3.86. The molecule has 3 heterocycles. The molecule has 2 aromatic heterocycles. The predicted octanol–water partition coefficient (Wildman–Crippen LogP) is 3.08. The van der Waals surface area contributed by atoms with Crippen molar-refractivity contribution in [1.82, 2.24) is 19.8 Å². The van der Waals surface area contributed by atoms with Gasteiger partial charge in [0.25, 0.3) is 0 Å². The third-order valence-corrected chi connectivity index (χ3v) is 4.90. The Bertz CT molecular complexity index is 808. The quantitative estimate of drug-likeness (QED) is 0.687. The standard InChI is InChI=1S/C19H24N4O2/c1-3-15-10-20-18(24-15)12-22(2)14-8-9-23(11-14)13-19-21-16-6-4-5-7-17(16)25-19/h4-7,10,14H,3,8-9,11-13H2,1-2H3/t14-/m1/s1. The van der Waals surface area contributed by atoms with E-state index in [0.717, 1.165) is 67.7 Å². The van der Waals surface area contributed by atoms with Crippen LogP contribution in [0.15, 0.2) is 39.3 Å². The molecule has 1 saturated heterocycles. The van der Waals surface area contributed by atoms with Crippen LogP contribution < -0.4 is 0 Å². The fraction of sp³-hybridized carbons (Fsp3) is 0.474. The van der Waals surface area contributed by atoms with Crippen molar-refractivity contribution in [2.45, 2.75) is 38.9 Å². The fourth-order valence-corrected chi connectivity index (χ4v) is 3.42. The van der Waals surface area contributed by atoms with Gasteiger partial charge >= 0.3 is 0 Å². The Labute approximate surface area is 147 Å². The molecule has 0 saturated carbocycles. The minimum Gasteiger partial charge on any atom is -0.444 e. The predicted molar refractivity (Wildman–Crippen MR) is 95.0 cm³/mol. The Balaban J connectivity index is 1.34. The van der Waals surface area contributed by atoms with Crippen molar-refractivity contribution in [3.05, 3.63) is 48.0 Å². The minimum atomic E-state index is 0.501. The summed E-state index contributed by atoms with van der Waals surface area (Å²) in [7, 11) is 2.14. The van der Waals surface area contributed by atoms with Gasteiger partial charge in [-0.15, -0.1) is 0 Å². The van der Waals surface area contributed by atoms with Crippen LogP contribution in [0.3, 0.4) is 0 Å². The molecule has 1 aromatic carbocycles. The molecule has 0 aliphatic carbocycles. The third-order valence-electron chi connectivity index (χ3n) is 4.90. The maximum Gasteiger partial charge on any atom is 0.209 e. The van der Waals surface area contributed by atoms with Gasteiger partial charge in [-0.25, -0.2) is 9.97 Å². The highest BCUT2D eigenvalue weighted by atomic mass is 16.4. The van der Waals surface area contributed by atoms with Crippen molar-refractivity contribution in [2.24, 2.45) is 0 Å². The second-order valence-electron chi connectivity index (χ2n) is 6.74. The average molecular weight is 340 g/mol. The Morgan fingerprint density at radius 3 is 2.92 bits per heavy atom. The van der Waals surface area contributed by atoms with Gasteiger partial charge in [0, 0.05) is 25.6 Å². The van der Waals surface area contributed by atoms with E-state index < -0.39 is 0 Å². The maximum atomic E-state index is 5.85. The van der Waals surface area contributed by atoms with Crippen molar-refractivity contribution < 1.29 is 8.83 Å². The van der Waals surface area contributed by atoms with Crippen LogP contribution >= 0.6 is 0 Å². The SMILES string of the molecule is CCc1cnc(CN(C)[C@@H]2CCN(Cc3nc4ccccc4o3)C2)o1. The van der Waals surface area contributed by atoms with Gasteiger partial charge in [0.15, 0.2) is 5.58 Å². The summed E-state index contributed by atoms with van der Waals surface area (Å²) in [5.41, 5.74) is 1.79. The first kappa shape index (κ1) is 16.3. The number of aromatic nitrogens is 2. The van der Waals surface area contributed by atoms with Gasteiger partial charge < -0.3 is 8.83 Å². The van der Waals surface area contributed by atoms with E-state index in [9.17, 15) is 0 Å². The largest absolute Gasteiger partial charge is 0.444 e. The van der Waals surface area contributed by atoms with Crippen LogP contribution in [0.4, 0.5) is 0 Å². The van der Waals surface area contributed by atoms with Crippen molar-refractivity contribution in [3.8, 4) is 0 Å². The van der Waals surface area contributed by atoms with Gasteiger partial charge in [-0.1, -0.05) is 19.1 Å². The molecule has 1 aliphatic rings. The molecule has 3 aromatic rings. The molecular weight excluding hydrogens is 316 g/mol. The number of aryl methyl sites for hydroxylation is 1. The molecule has 0 radical (unpaired) electrons. The Morgan fingerprint density at radius 1 is 1.24 bits per heavy atom. The number of fused-ring (bicyclic) bond motifs is 1. The number of oxazole rings is 2. The van der Waals surface area contributed by atoms with E-state index >= 15 is 0 Å². The molecule has 132 valence electrons. The molecule has 1 aliphatic heterocycles. The second kappa shape index (κ2) is 6.98. The smallest absolute Gasteiger partial charge is 0.209 e. The van der Waals surface area contributed by atoms with E-state index in [0.29, 0.717) is 6.04 Å². The van der Waals surface area contributed by atoms with E-state index in [4.69, 9.17) is 8.83 Å². The highest BCUT2D eigenvalue weighted by Crippen LogP contribution is 2.21. The molecule has 6 nitrogen and oxygen atoms in total. The lowest BCUT2D eigenvalue weighted by Gasteiger charge is -2.23. The molecule has 25 heavy (non-hydrogen) atoms. The van der Waals surface area contributed by atoms with Crippen LogP contribution in [-0.2, 0) is 19.5 Å². The van der Waals surface area contributed by atoms with Crippen molar-refractivity contribution in [2.75, 3.05) is 20.1 Å². The normalized spacial score (nSPS) is 18.6. The van der Waals surface area contributed by atoms with E-state index in [-0.39, 0.29) is 0 Å². The zero-order chi connectivity index (χ0) is 17.2. The molecule has 0 spiro atoms. The minimum absolute atomic E-state index is 0.501. The molecule has 0 amide bonds. The molecular formula is C19H24N4O2. The number of rotatable bonds is 6. The number of nitrogens with zero attached hydrogens (tertiary/aromatic N) is 4. The first-order chi connectivity index (χ1) is 12.2. The van der Waals surface area contributed by atoms with Gasteiger partial charge in [-0.05, 0) is 25.6 Å². The van der Waals surface area contributed by atoms with Gasteiger partial charge in [0.05, 0.1) is 19.3 Å². The molecule has 1 fully saturated rings. The van der Waals surface area contributed by atoms with Crippen LogP contribution in [0.25, 0.3) is 11.1 Å². The zero-order valence-electron chi connectivity index (χ0n) is 14.8. The first-order valence-electron chi connectivity index (χ1n) is 8.92. The average Bonchev–Trinajstić information content (AvgIpc) is 3.33. The summed E-state index contributed by atoms with van der Waals surface area (Å²) in [5.74, 6) is 2.55. The molecule has 0 bridgehead atoms. The number of likely N-dealkylation sites (tertiary alicyclic amines) is 1. The summed E-state index contributed by atoms with van der Waals surface area (Å²) in [6.45, 7) is 5.66. The van der Waals surface area contributed by atoms with Crippen LogP contribution in [-0.4, -0.2) is 45.9 Å². The van der Waals surface area contributed by atoms with Gasteiger partial charge in [0.2, 0.25) is 11.8 Å². The monoisotopic (exact) mass is 340 g/mol. The lowest BCUT2D eigenvalue weighted by molar-refractivity contribution is 0.200. The lowest BCUT2D eigenvalue weighted by Crippen LogP contribution is -2.34. The number of benzene rings is 1. The number of para-hydroxylation sites is 2. The van der Waals surface area contributed by atoms with E-state index in [1.54, 1.807) is 0 Å². The van der Waals surface area contributed by atoms with E-state index in [2.05, 4.69) is 33.7 Å². The zero-order valence-corrected chi connectivity index (χ0v) is 14.8. The summed E-state index contributed by atoms with van der Waals surface area (Å²) >= 11 is 0. The van der Waals surface area contributed by atoms with Gasteiger partial charge in [-0.3, -0.25) is 9.80 Å². The number of hydrogen-bond donors (Lipinski definition) is 0. The molecule has 4 rings (SSSR count). The Morgan fingerprint density at radius 2 is 2.12 bits per heavy atom. The lowest BCUT2D eigenvalue weighted by atomic mass is 10.2. The van der Waals surface area contributed by atoms with Crippen molar-refractivity contribution in [1.29, 1.82) is 0 Å². The van der Waals surface area contributed by atoms with Crippen molar-refractivity contribution >= 4 is 11.1 Å². The summed E-state index contributed by atoms with van der Waals surface area (Å²) in [6, 6.07) is 8.42. The Kier molecular flexibility index (Phi) is 4.55. The molecule has 1 atom stereocenters. The molecule has 0 N–H and O–H groups in total. The number of hydrogen-bond acceptors (Lipinski definition) is 6. The van der Waals surface area contributed by atoms with Crippen LogP contribution in [0.5, 0.6) is 0 Å². The highest BCUT2D eigenvalue weighted by molar-refractivity contribution is 5.72. The Hall–Kier alpha value is -2.18. The second-order valence-corrected chi connectivity index (χ2v) is 6.74. The summed E-state index contributed by atoms with van der Waals surface area (Å²) in [5, 5.41) is 0. The molecule has 6 heteroatoms. The topological polar surface area (TPSA) is 58.5 Å². The van der Waals surface area contributed by atoms with Gasteiger partial charge in [-0.2, -0.15) is 0 Å². The summed E-state index contributed by atoms with van der Waals surface area (Å²) < 4.78 is 11.6. The van der Waals surface area contributed by atoms with Crippen molar-refractivity contribution in [3.63, 3.8) is 0 Å². The van der Waals surface area contributed by atoms with Crippen LogP contribution in [0.1, 0.15) is 30.9 Å². The van der Waals surface area contributed by atoms with Gasteiger partial charge in [0.1, 0.15) is 11.3 Å². The van der Waals surface area contributed by atoms with E-state index in [1.165, 1.54) is 0 Å². The van der Waals surface area contributed by atoms with Crippen LogP contribution in [0, 0.1) is 0 Å². The fourth-order valence-electron chi connectivity index (χ4n) is 3.42.